The number of rotatable bonds is 7. The Hall–Kier alpha value is -2.58. The zero-order valence-corrected chi connectivity index (χ0v) is 14.8. The first-order valence-electron chi connectivity index (χ1n) is 7.71. The topological polar surface area (TPSA) is 75.3 Å². The van der Waals surface area contributed by atoms with Gasteiger partial charge in [0.15, 0.2) is 11.6 Å². The zero-order chi connectivity index (χ0) is 19.3. The number of amides is 1. The molecule has 0 saturated carbocycles. The van der Waals surface area contributed by atoms with Crippen LogP contribution >= 0.6 is 0 Å². The molecule has 0 fully saturated rings. The van der Waals surface area contributed by atoms with Crippen molar-refractivity contribution in [1.82, 2.24) is 10.0 Å². The van der Waals surface area contributed by atoms with E-state index in [1.165, 1.54) is 36.4 Å². The van der Waals surface area contributed by atoms with Gasteiger partial charge < -0.3 is 5.32 Å². The maximum absolute atomic E-state index is 13.3. The highest BCUT2D eigenvalue weighted by Gasteiger charge is 2.16. The van der Waals surface area contributed by atoms with Crippen molar-refractivity contribution in [3.05, 3.63) is 77.9 Å². The second-order valence-electron chi connectivity index (χ2n) is 5.53. The smallest absolute Gasteiger partial charge is 0.251 e. The number of carbonyl (C=O) groups is 1. The molecule has 0 heterocycles. The van der Waals surface area contributed by atoms with Crippen LogP contribution in [0.15, 0.2) is 60.0 Å². The Balaban J connectivity index is 2.10. The van der Waals surface area contributed by atoms with Crippen LogP contribution in [0.4, 0.5) is 8.78 Å². The highest BCUT2D eigenvalue weighted by Crippen LogP contribution is 2.17. The first-order chi connectivity index (χ1) is 12.2. The Morgan fingerprint density at radius 2 is 1.81 bits per heavy atom. The van der Waals surface area contributed by atoms with Crippen molar-refractivity contribution in [3.63, 3.8) is 0 Å². The summed E-state index contributed by atoms with van der Waals surface area (Å²) in [7, 11) is -3.67. The second-order valence-corrected chi connectivity index (χ2v) is 7.30. The van der Waals surface area contributed by atoms with Crippen LogP contribution in [0.5, 0.6) is 0 Å². The highest BCUT2D eigenvalue weighted by atomic mass is 32.2. The van der Waals surface area contributed by atoms with Crippen molar-refractivity contribution in [2.24, 2.45) is 0 Å². The zero-order valence-electron chi connectivity index (χ0n) is 14.0. The normalized spacial score (nSPS) is 12.4. The molecule has 1 atom stereocenters. The fourth-order valence-electron chi connectivity index (χ4n) is 2.18. The van der Waals surface area contributed by atoms with Gasteiger partial charge in [-0.2, -0.15) is 0 Å². The Morgan fingerprint density at radius 3 is 2.38 bits per heavy atom. The Labute approximate surface area is 150 Å². The Bertz CT molecular complexity index is 913. The van der Waals surface area contributed by atoms with Crippen LogP contribution in [0.25, 0.3) is 0 Å². The van der Waals surface area contributed by atoms with E-state index < -0.39 is 33.6 Å². The summed E-state index contributed by atoms with van der Waals surface area (Å²) in [5.41, 5.74) is 0.646. The summed E-state index contributed by atoms with van der Waals surface area (Å²) in [5.74, 6) is -2.43. The van der Waals surface area contributed by atoms with E-state index in [-0.39, 0.29) is 17.0 Å². The standard InChI is InChI=1S/C18H18F2N2O3S/c1-3-10-21-26(24,25)15-7-4-13(5-8-15)18(23)22-12(2)14-6-9-16(19)17(20)11-14/h3-9,11-12,21H,1,10H2,2H3,(H,22,23)/t12-/m1/s1. The molecule has 0 aromatic heterocycles. The van der Waals surface area contributed by atoms with Gasteiger partial charge in [-0.15, -0.1) is 6.58 Å². The van der Waals surface area contributed by atoms with Gasteiger partial charge in [-0.1, -0.05) is 12.1 Å². The van der Waals surface area contributed by atoms with Crippen LogP contribution < -0.4 is 10.0 Å². The highest BCUT2D eigenvalue weighted by molar-refractivity contribution is 7.89. The fraction of sp³-hybridized carbons (Fsp3) is 0.167. The van der Waals surface area contributed by atoms with Gasteiger partial charge in [0, 0.05) is 12.1 Å². The molecule has 2 aromatic rings. The lowest BCUT2D eigenvalue weighted by Crippen LogP contribution is -2.27. The molecular formula is C18H18F2N2O3S. The van der Waals surface area contributed by atoms with Crippen molar-refractivity contribution in [1.29, 1.82) is 0 Å². The predicted molar refractivity (Wildman–Crippen MR) is 94.1 cm³/mol. The molecule has 0 bridgehead atoms. The summed E-state index contributed by atoms with van der Waals surface area (Å²) in [6.07, 6.45) is 1.42. The Morgan fingerprint density at radius 1 is 1.15 bits per heavy atom. The summed E-state index contributed by atoms with van der Waals surface area (Å²) in [6, 6.07) is 8.18. The monoisotopic (exact) mass is 380 g/mol. The fourth-order valence-corrected chi connectivity index (χ4v) is 3.18. The molecule has 2 aromatic carbocycles. The molecule has 2 rings (SSSR count). The minimum absolute atomic E-state index is 0.0181. The van der Waals surface area contributed by atoms with Crippen molar-refractivity contribution < 1.29 is 22.0 Å². The van der Waals surface area contributed by atoms with E-state index in [9.17, 15) is 22.0 Å². The molecule has 8 heteroatoms. The molecule has 1 amide bonds. The third kappa shape index (κ3) is 4.74. The van der Waals surface area contributed by atoms with Crippen LogP contribution in [0.2, 0.25) is 0 Å². The van der Waals surface area contributed by atoms with E-state index in [0.29, 0.717) is 5.56 Å². The average Bonchev–Trinajstić information content (AvgIpc) is 2.62. The van der Waals surface area contributed by atoms with Crippen LogP contribution in [0.1, 0.15) is 28.9 Å². The van der Waals surface area contributed by atoms with E-state index in [2.05, 4.69) is 16.6 Å². The average molecular weight is 380 g/mol. The molecular weight excluding hydrogens is 362 g/mol. The maximum atomic E-state index is 13.3. The van der Waals surface area contributed by atoms with Gasteiger partial charge in [0.25, 0.3) is 5.91 Å². The Kier molecular flexibility index (Phi) is 6.23. The van der Waals surface area contributed by atoms with Gasteiger partial charge in [0.1, 0.15) is 0 Å². The molecule has 0 aliphatic carbocycles. The van der Waals surface area contributed by atoms with Gasteiger partial charge in [-0.3, -0.25) is 4.79 Å². The SMILES string of the molecule is C=CCNS(=O)(=O)c1ccc(C(=O)N[C@H](C)c2ccc(F)c(F)c2)cc1. The van der Waals surface area contributed by atoms with Crippen LogP contribution in [-0.4, -0.2) is 20.9 Å². The number of sulfonamides is 1. The molecule has 0 saturated heterocycles. The van der Waals surface area contributed by atoms with Crippen molar-refractivity contribution >= 4 is 15.9 Å². The lowest BCUT2D eigenvalue weighted by atomic mass is 10.1. The molecule has 0 spiro atoms. The molecule has 0 aliphatic heterocycles. The summed E-state index contributed by atoms with van der Waals surface area (Å²) in [4.78, 5) is 12.3. The number of carbonyl (C=O) groups excluding carboxylic acids is 1. The quantitative estimate of drug-likeness (QED) is 0.726. The number of hydrogen-bond donors (Lipinski definition) is 2. The summed E-state index contributed by atoms with van der Waals surface area (Å²) in [5, 5.41) is 2.65. The van der Waals surface area contributed by atoms with E-state index in [1.807, 2.05) is 0 Å². The van der Waals surface area contributed by atoms with Crippen LogP contribution in [-0.2, 0) is 10.0 Å². The van der Waals surface area contributed by atoms with E-state index >= 15 is 0 Å². The van der Waals surface area contributed by atoms with Crippen LogP contribution in [0, 0.1) is 11.6 Å². The summed E-state index contributed by atoms with van der Waals surface area (Å²) < 4.78 is 52.5. The van der Waals surface area contributed by atoms with E-state index in [1.54, 1.807) is 6.92 Å². The molecule has 26 heavy (non-hydrogen) atoms. The maximum Gasteiger partial charge on any atom is 0.251 e. The van der Waals surface area contributed by atoms with Crippen molar-refractivity contribution in [2.45, 2.75) is 17.9 Å². The van der Waals surface area contributed by atoms with Crippen molar-refractivity contribution in [3.8, 4) is 0 Å². The minimum Gasteiger partial charge on any atom is -0.346 e. The van der Waals surface area contributed by atoms with E-state index in [4.69, 9.17) is 0 Å². The third-order valence-electron chi connectivity index (χ3n) is 3.64. The number of benzene rings is 2. The lowest BCUT2D eigenvalue weighted by Gasteiger charge is -2.15. The number of hydrogen-bond acceptors (Lipinski definition) is 3. The third-order valence-corrected chi connectivity index (χ3v) is 5.08. The summed E-state index contributed by atoms with van der Waals surface area (Å²) >= 11 is 0. The molecule has 2 N–H and O–H groups in total. The van der Waals surface area contributed by atoms with Crippen molar-refractivity contribution in [2.75, 3.05) is 6.54 Å². The molecule has 0 unspecified atom stereocenters. The lowest BCUT2D eigenvalue weighted by molar-refractivity contribution is 0.0939. The minimum atomic E-state index is -3.67. The molecule has 138 valence electrons. The molecule has 0 radical (unpaired) electrons. The van der Waals surface area contributed by atoms with Gasteiger partial charge in [-0.05, 0) is 48.9 Å². The summed E-state index contributed by atoms with van der Waals surface area (Å²) in [6.45, 7) is 5.15. The van der Waals surface area contributed by atoms with Gasteiger partial charge in [0.05, 0.1) is 10.9 Å². The number of nitrogens with one attached hydrogen (secondary N) is 2. The van der Waals surface area contributed by atoms with Gasteiger partial charge in [-0.25, -0.2) is 21.9 Å². The second kappa shape index (κ2) is 8.20. The van der Waals surface area contributed by atoms with Gasteiger partial charge in [0.2, 0.25) is 10.0 Å². The number of halogens is 2. The van der Waals surface area contributed by atoms with Crippen LogP contribution in [0.3, 0.4) is 0 Å². The predicted octanol–water partition coefficient (Wildman–Crippen LogP) is 2.92. The largest absolute Gasteiger partial charge is 0.346 e. The first-order valence-corrected chi connectivity index (χ1v) is 9.19. The molecule has 0 aliphatic rings. The molecule has 5 nitrogen and oxygen atoms in total. The first kappa shape index (κ1) is 19.7. The van der Waals surface area contributed by atoms with Gasteiger partial charge >= 0.3 is 0 Å². The van der Waals surface area contributed by atoms with E-state index in [0.717, 1.165) is 12.1 Å².